The van der Waals surface area contributed by atoms with Crippen molar-refractivity contribution in [2.45, 2.75) is 32.7 Å². The van der Waals surface area contributed by atoms with Crippen molar-refractivity contribution in [1.29, 1.82) is 0 Å². The SMILES string of the molecule is COC(=O)C(C)OC(C)(C)OC. The molecule has 4 nitrogen and oxygen atoms in total. The first-order valence-corrected chi connectivity index (χ1v) is 3.73. The van der Waals surface area contributed by atoms with Crippen LogP contribution in [-0.4, -0.2) is 32.1 Å². The molecule has 0 spiro atoms. The molecule has 0 heterocycles. The Hall–Kier alpha value is -0.610. The van der Waals surface area contributed by atoms with Crippen molar-refractivity contribution in [2.24, 2.45) is 0 Å². The van der Waals surface area contributed by atoms with Gasteiger partial charge in [0.2, 0.25) is 0 Å². The lowest BCUT2D eigenvalue weighted by molar-refractivity contribution is -0.226. The van der Waals surface area contributed by atoms with E-state index in [1.165, 1.54) is 14.2 Å². The summed E-state index contributed by atoms with van der Waals surface area (Å²) in [5, 5.41) is 0. The average molecular weight is 176 g/mol. The van der Waals surface area contributed by atoms with E-state index in [4.69, 9.17) is 9.47 Å². The van der Waals surface area contributed by atoms with Crippen LogP contribution in [0.2, 0.25) is 0 Å². The van der Waals surface area contributed by atoms with E-state index in [1.807, 2.05) is 0 Å². The summed E-state index contributed by atoms with van der Waals surface area (Å²) in [4.78, 5) is 10.9. The Morgan fingerprint density at radius 2 is 1.83 bits per heavy atom. The third kappa shape index (κ3) is 3.69. The number of esters is 1. The molecule has 4 heteroatoms. The van der Waals surface area contributed by atoms with Crippen LogP contribution < -0.4 is 0 Å². The summed E-state index contributed by atoms with van der Waals surface area (Å²) in [5.74, 6) is -1.16. The molecule has 0 amide bonds. The van der Waals surface area contributed by atoms with Gasteiger partial charge in [-0.1, -0.05) is 0 Å². The number of carbonyl (C=O) groups is 1. The molecule has 1 atom stereocenters. The second-order valence-corrected chi connectivity index (χ2v) is 2.89. The quantitative estimate of drug-likeness (QED) is 0.472. The Balaban J connectivity index is 3.99. The summed E-state index contributed by atoms with van der Waals surface area (Å²) in [6.45, 7) is 5.07. The molecular weight excluding hydrogens is 160 g/mol. The number of methoxy groups -OCH3 is 2. The summed E-state index contributed by atoms with van der Waals surface area (Å²) < 4.78 is 14.7. The number of hydrogen-bond acceptors (Lipinski definition) is 4. The van der Waals surface area contributed by atoms with Crippen molar-refractivity contribution in [3.8, 4) is 0 Å². The maximum absolute atomic E-state index is 10.9. The molecule has 0 aromatic heterocycles. The molecular formula is C8H16O4. The largest absolute Gasteiger partial charge is 0.467 e. The van der Waals surface area contributed by atoms with Gasteiger partial charge in [0, 0.05) is 7.11 Å². The molecule has 0 aliphatic carbocycles. The molecule has 0 radical (unpaired) electrons. The monoisotopic (exact) mass is 176 g/mol. The molecule has 0 aliphatic heterocycles. The highest BCUT2D eigenvalue weighted by Crippen LogP contribution is 2.12. The summed E-state index contributed by atoms with van der Waals surface area (Å²) in [6.07, 6.45) is -0.607. The molecule has 0 fully saturated rings. The van der Waals surface area contributed by atoms with Crippen molar-refractivity contribution < 1.29 is 19.0 Å². The van der Waals surface area contributed by atoms with E-state index in [1.54, 1.807) is 20.8 Å². The van der Waals surface area contributed by atoms with Crippen LogP contribution >= 0.6 is 0 Å². The lowest BCUT2D eigenvalue weighted by Gasteiger charge is -2.26. The first-order chi connectivity index (χ1) is 5.43. The van der Waals surface area contributed by atoms with Crippen LogP contribution in [0.3, 0.4) is 0 Å². The van der Waals surface area contributed by atoms with Crippen LogP contribution in [-0.2, 0) is 19.0 Å². The topological polar surface area (TPSA) is 44.8 Å². The zero-order valence-corrected chi connectivity index (χ0v) is 8.21. The number of carbonyl (C=O) groups excluding carboxylic acids is 1. The third-order valence-electron chi connectivity index (χ3n) is 1.49. The van der Waals surface area contributed by atoms with E-state index in [0.29, 0.717) is 0 Å². The average Bonchev–Trinajstić information content (AvgIpc) is 2.02. The Morgan fingerprint density at radius 1 is 1.33 bits per heavy atom. The lowest BCUT2D eigenvalue weighted by Crippen LogP contribution is -2.35. The van der Waals surface area contributed by atoms with Crippen molar-refractivity contribution in [3.05, 3.63) is 0 Å². The predicted octanol–water partition coefficient (Wildman–Crippen LogP) is 0.947. The second kappa shape index (κ2) is 4.42. The summed E-state index contributed by atoms with van der Waals surface area (Å²) in [6, 6.07) is 0. The zero-order valence-electron chi connectivity index (χ0n) is 8.21. The van der Waals surface area contributed by atoms with Gasteiger partial charge in [0.15, 0.2) is 11.9 Å². The van der Waals surface area contributed by atoms with Gasteiger partial charge in [-0.15, -0.1) is 0 Å². The third-order valence-corrected chi connectivity index (χ3v) is 1.49. The number of ether oxygens (including phenoxy) is 3. The maximum atomic E-state index is 10.9. The number of hydrogen-bond donors (Lipinski definition) is 0. The first kappa shape index (κ1) is 11.4. The van der Waals surface area contributed by atoms with Crippen molar-refractivity contribution in [2.75, 3.05) is 14.2 Å². The molecule has 0 bridgehead atoms. The van der Waals surface area contributed by atoms with Gasteiger partial charge in [-0.2, -0.15) is 0 Å². The fourth-order valence-electron chi connectivity index (χ4n) is 0.688. The number of rotatable bonds is 4. The smallest absolute Gasteiger partial charge is 0.334 e. The molecule has 0 saturated carbocycles. The van der Waals surface area contributed by atoms with Crippen molar-refractivity contribution in [1.82, 2.24) is 0 Å². The standard InChI is InChI=1S/C8H16O4/c1-6(7(9)10-4)12-8(2,3)11-5/h6H,1-5H3. The normalized spacial score (nSPS) is 14.1. The Kier molecular flexibility index (Phi) is 4.20. The van der Waals surface area contributed by atoms with Crippen LogP contribution in [0.25, 0.3) is 0 Å². The molecule has 0 rings (SSSR count). The minimum absolute atomic E-state index is 0.403. The Morgan fingerprint density at radius 3 is 2.17 bits per heavy atom. The molecule has 1 unspecified atom stereocenters. The fraction of sp³-hybridized carbons (Fsp3) is 0.875. The van der Waals surface area contributed by atoms with Gasteiger partial charge in [0.05, 0.1) is 7.11 Å². The molecule has 12 heavy (non-hydrogen) atoms. The highest BCUT2D eigenvalue weighted by Gasteiger charge is 2.24. The highest BCUT2D eigenvalue weighted by molar-refractivity contribution is 5.73. The van der Waals surface area contributed by atoms with Gasteiger partial charge in [-0.25, -0.2) is 4.79 Å². The van der Waals surface area contributed by atoms with Gasteiger partial charge in [-0.05, 0) is 20.8 Å². The maximum Gasteiger partial charge on any atom is 0.334 e. The van der Waals surface area contributed by atoms with Gasteiger partial charge in [0.1, 0.15) is 0 Å². The van der Waals surface area contributed by atoms with Crippen LogP contribution in [0.15, 0.2) is 0 Å². The molecule has 0 saturated heterocycles. The first-order valence-electron chi connectivity index (χ1n) is 3.73. The van der Waals surface area contributed by atoms with Gasteiger partial charge >= 0.3 is 5.97 Å². The summed E-state index contributed by atoms with van der Waals surface area (Å²) in [5.41, 5.74) is 0. The zero-order chi connectivity index (χ0) is 9.78. The van der Waals surface area contributed by atoms with Crippen LogP contribution in [0.1, 0.15) is 20.8 Å². The summed E-state index contributed by atoms with van der Waals surface area (Å²) >= 11 is 0. The van der Waals surface area contributed by atoms with E-state index >= 15 is 0 Å². The van der Waals surface area contributed by atoms with Gasteiger partial charge in [-0.3, -0.25) is 0 Å². The molecule has 0 aromatic rings. The van der Waals surface area contributed by atoms with Gasteiger partial charge < -0.3 is 14.2 Å². The van der Waals surface area contributed by atoms with E-state index < -0.39 is 17.9 Å². The molecule has 0 aromatic carbocycles. The van der Waals surface area contributed by atoms with Crippen LogP contribution in [0.5, 0.6) is 0 Å². The fourth-order valence-corrected chi connectivity index (χ4v) is 0.688. The molecule has 72 valence electrons. The molecule has 0 aliphatic rings. The Labute approximate surface area is 72.8 Å². The molecule has 0 N–H and O–H groups in total. The summed E-state index contributed by atoms with van der Waals surface area (Å²) in [7, 11) is 2.84. The van der Waals surface area contributed by atoms with Crippen molar-refractivity contribution in [3.63, 3.8) is 0 Å². The Bertz CT molecular complexity index is 153. The minimum atomic E-state index is -0.756. The van der Waals surface area contributed by atoms with Gasteiger partial charge in [0.25, 0.3) is 0 Å². The van der Waals surface area contributed by atoms with Crippen LogP contribution in [0, 0.1) is 0 Å². The van der Waals surface area contributed by atoms with E-state index in [9.17, 15) is 4.79 Å². The minimum Gasteiger partial charge on any atom is -0.467 e. The van der Waals surface area contributed by atoms with E-state index in [-0.39, 0.29) is 0 Å². The second-order valence-electron chi connectivity index (χ2n) is 2.89. The highest BCUT2D eigenvalue weighted by atomic mass is 16.7. The van der Waals surface area contributed by atoms with E-state index in [0.717, 1.165) is 0 Å². The lowest BCUT2D eigenvalue weighted by atomic mass is 10.3. The van der Waals surface area contributed by atoms with Crippen LogP contribution in [0.4, 0.5) is 0 Å². The van der Waals surface area contributed by atoms with Crippen molar-refractivity contribution >= 4 is 5.97 Å². The van der Waals surface area contributed by atoms with E-state index in [2.05, 4.69) is 4.74 Å². The predicted molar refractivity (Wildman–Crippen MR) is 43.7 cm³/mol.